The molecule has 0 radical (unpaired) electrons. The molecular weight excluding hydrogens is 613 g/mol. The molecule has 7 aromatic rings. The van der Waals surface area contributed by atoms with Gasteiger partial charge in [0.25, 0.3) is 5.91 Å². The van der Waals surface area contributed by atoms with Crippen molar-refractivity contribution in [2.24, 2.45) is 0 Å². The zero-order valence-corrected chi connectivity index (χ0v) is 27.4. The summed E-state index contributed by atoms with van der Waals surface area (Å²) in [4.78, 5) is 29.1. The van der Waals surface area contributed by atoms with Gasteiger partial charge in [0.15, 0.2) is 0 Å². The second-order valence-electron chi connectivity index (χ2n) is 12.6. The van der Waals surface area contributed by atoms with Crippen LogP contribution in [0.1, 0.15) is 21.7 Å². The Labute approximate surface area is 289 Å². The van der Waals surface area contributed by atoms with Crippen LogP contribution in [0.5, 0.6) is 0 Å². The van der Waals surface area contributed by atoms with E-state index in [1.165, 1.54) is 0 Å². The highest BCUT2D eigenvalue weighted by molar-refractivity contribution is 6.18. The van der Waals surface area contributed by atoms with Crippen molar-refractivity contribution in [1.82, 2.24) is 15.0 Å². The fraction of sp³-hybridized carbons (Fsp3) is 0.0222. The van der Waals surface area contributed by atoms with Crippen LogP contribution in [0.3, 0.4) is 0 Å². The second-order valence-corrected chi connectivity index (χ2v) is 12.6. The van der Waals surface area contributed by atoms with E-state index < -0.39 is 0 Å². The van der Waals surface area contributed by atoms with E-state index in [9.17, 15) is 4.79 Å². The molecule has 2 N–H and O–H groups in total. The van der Waals surface area contributed by atoms with Gasteiger partial charge in [-0.1, -0.05) is 121 Å². The first-order chi connectivity index (χ1) is 24.6. The van der Waals surface area contributed by atoms with E-state index in [1.807, 2.05) is 61.6 Å². The Morgan fingerprint density at radius 1 is 0.460 bits per heavy atom. The number of fused-ring (bicyclic) bond motifs is 8. The van der Waals surface area contributed by atoms with Gasteiger partial charge < -0.3 is 14.9 Å². The molecular formula is C45H32N4O. The average Bonchev–Trinajstić information content (AvgIpc) is 3.99. The van der Waals surface area contributed by atoms with Gasteiger partial charge in [0, 0.05) is 51.4 Å². The predicted molar refractivity (Wildman–Crippen MR) is 207 cm³/mol. The Kier molecular flexibility index (Phi) is 7.10. The molecule has 0 saturated heterocycles. The number of H-pyrrole nitrogens is 2. The summed E-state index contributed by atoms with van der Waals surface area (Å²) < 4.78 is 0. The molecule has 50 heavy (non-hydrogen) atoms. The van der Waals surface area contributed by atoms with Crippen LogP contribution in [0, 0.1) is 0 Å². The summed E-state index contributed by atoms with van der Waals surface area (Å²) in [6, 6.07) is 51.6. The van der Waals surface area contributed by atoms with Crippen LogP contribution in [-0.2, 0) is 0 Å². The average molecular weight is 645 g/mol. The highest BCUT2D eigenvalue weighted by atomic mass is 16.2. The quantitative estimate of drug-likeness (QED) is 0.200. The van der Waals surface area contributed by atoms with Crippen molar-refractivity contribution in [3.8, 4) is 44.5 Å². The number of rotatable bonds is 4. The topological polar surface area (TPSA) is 64.8 Å². The number of carbonyl (C=O) groups is 1. The number of amides is 1. The third-order valence-corrected chi connectivity index (χ3v) is 9.55. The van der Waals surface area contributed by atoms with Gasteiger partial charge in [0.2, 0.25) is 0 Å². The maximum Gasteiger partial charge on any atom is 0.258 e. The fourth-order valence-corrected chi connectivity index (χ4v) is 7.22. The van der Waals surface area contributed by atoms with Gasteiger partial charge in [-0.2, -0.15) is 0 Å². The predicted octanol–water partition coefficient (Wildman–Crippen LogP) is 11.0. The van der Waals surface area contributed by atoms with E-state index >= 15 is 0 Å². The normalized spacial score (nSPS) is 12.4. The smallest absolute Gasteiger partial charge is 0.258 e. The lowest BCUT2D eigenvalue weighted by Gasteiger charge is -2.15. The van der Waals surface area contributed by atoms with E-state index in [-0.39, 0.29) is 5.91 Å². The molecule has 4 aromatic carbocycles. The van der Waals surface area contributed by atoms with Crippen molar-refractivity contribution in [1.29, 1.82) is 0 Å². The standard InChI is InChI=1S/C45H32N4O/c1-49-40-28-33(45(49)50)41(29-14-6-2-7-15-29)34-22-23-35(46-34)42(30-16-8-3-9-17-30)36-24-25-37(47-36)43(31-18-10-4-11-19-31)38-26-27-39(48-38)44(40)32-20-12-5-13-21-32/h2-28,46,48H,1H3. The van der Waals surface area contributed by atoms with Gasteiger partial charge in [0.1, 0.15) is 0 Å². The van der Waals surface area contributed by atoms with Gasteiger partial charge in [-0.3, -0.25) is 4.79 Å². The fourth-order valence-electron chi connectivity index (χ4n) is 7.22. The molecule has 9 rings (SSSR count). The lowest BCUT2D eigenvalue weighted by Crippen LogP contribution is -2.22. The Bertz CT molecular complexity index is 2600. The van der Waals surface area contributed by atoms with Crippen LogP contribution < -0.4 is 4.90 Å². The molecule has 0 saturated carbocycles. The van der Waals surface area contributed by atoms with Crippen molar-refractivity contribution in [2.75, 3.05) is 11.9 Å². The zero-order chi connectivity index (χ0) is 33.6. The van der Waals surface area contributed by atoms with E-state index in [1.54, 1.807) is 4.90 Å². The van der Waals surface area contributed by atoms with Crippen molar-refractivity contribution < 1.29 is 4.79 Å². The SMILES string of the molecule is CN1C(=O)c2cc1c(-c1ccccc1)c1ccc([nH]1)c(-c1ccccc1)c1nc(c(-c3ccccc3)c3ccc([nH]3)c2-c2ccccc2)C=C1. The van der Waals surface area contributed by atoms with Crippen LogP contribution >= 0.6 is 0 Å². The first-order valence-corrected chi connectivity index (χ1v) is 16.7. The number of hydrogen-bond acceptors (Lipinski definition) is 2. The lowest BCUT2D eigenvalue weighted by molar-refractivity contribution is 0.0999. The summed E-state index contributed by atoms with van der Waals surface area (Å²) in [6.07, 6.45) is 4.21. The highest BCUT2D eigenvalue weighted by Crippen LogP contribution is 2.42. The highest BCUT2D eigenvalue weighted by Gasteiger charge is 2.28. The first kappa shape index (κ1) is 29.4. The summed E-state index contributed by atoms with van der Waals surface area (Å²) in [5.41, 5.74) is 14.6. The molecule has 8 bridgehead atoms. The van der Waals surface area contributed by atoms with E-state index in [4.69, 9.17) is 4.98 Å². The number of aromatic amines is 2. The van der Waals surface area contributed by atoms with Crippen LogP contribution in [-0.4, -0.2) is 27.9 Å². The molecule has 0 fully saturated rings. The summed E-state index contributed by atoms with van der Waals surface area (Å²) in [5, 5.41) is 0. The number of nitrogens with one attached hydrogen (secondary N) is 2. The van der Waals surface area contributed by atoms with E-state index in [0.29, 0.717) is 5.56 Å². The number of nitrogens with zero attached hydrogens (tertiary/aromatic N) is 2. The third-order valence-electron chi connectivity index (χ3n) is 9.55. The Hall–Kier alpha value is -6.72. The zero-order valence-electron chi connectivity index (χ0n) is 27.4. The molecule has 0 aliphatic carbocycles. The molecule has 0 atom stereocenters. The molecule has 2 aliphatic heterocycles. The minimum absolute atomic E-state index is 0.0646. The van der Waals surface area contributed by atoms with Crippen molar-refractivity contribution in [3.05, 3.63) is 169 Å². The molecule has 5 heteroatoms. The van der Waals surface area contributed by atoms with Crippen LogP contribution in [0.4, 0.5) is 5.69 Å². The number of hydrogen-bond donors (Lipinski definition) is 2. The van der Waals surface area contributed by atoms with Crippen molar-refractivity contribution in [3.63, 3.8) is 0 Å². The van der Waals surface area contributed by atoms with Gasteiger partial charge >= 0.3 is 0 Å². The molecule has 0 unspecified atom stereocenters. The molecule has 3 aromatic heterocycles. The summed E-state index contributed by atoms with van der Waals surface area (Å²) in [6.45, 7) is 0. The largest absolute Gasteiger partial charge is 0.354 e. The van der Waals surface area contributed by atoms with Gasteiger partial charge in [0.05, 0.1) is 22.6 Å². The minimum Gasteiger partial charge on any atom is -0.354 e. The number of anilines is 1. The number of benzene rings is 4. The molecule has 1 amide bonds. The summed E-state index contributed by atoms with van der Waals surface area (Å²) >= 11 is 0. The molecule has 238 valence electrons. The van der Waals surface area contributed by atoms with Gasteiger partial charge in [-0.05, 0) is 64.7 Å². The maximum atomic E-state index is 14.4. The Morgan fingerprint density at radius 2 is 0.820 bits per heavy atom. The van der Waals surface area contributed by atoms with Crippen molar-refractivity contribution in [2.45, 2.75) is 0 Å². The number of aromatic nitrogens is 3. The van der Waals surface area contributed by atoms with Crippen LogP contribution in [0.2, 0.25) is 0 Å². The minimum atomic E-state index is -0.0646. The lowest BCUT2D eigenvalue weighted by atomic mass is 10.0. The van der Waals surface area contributed by atoms with Crippen molar-refractivity contribution >= 4 is 45.8 Å². The van der Waals surface area contributed by atoms with Crippen LogP contribution in [0.25, 0.3) is 78.7 Å². The van der Waals surface area contributed by atoms with Crippen LogP contribution in [0.15, 0.2) is 152 Å². The maximum absolute atomic E-state index is 14.4. The van der Waals surface area contributed by atoms with Gasteiger partial charge in [-0.15, -0.1) is 0 Å². The molecule has 0 spiro atoms. The number of carbonyl (C=O) groups excluding carboxylic acids is 1. The molecule has 5 nitrogen and oxygen atoms in total. The Balaban J connectivity index is 1.51. The van der Waals surface area contributed by atoms with Gasteiger partial charge in [-0.25, -0.2) is 4.98 Å². The third kappa shape index (κ3) is 4.95. The molecule has 2 aliphatic rings. The summed E-state index contributed by atoms with van der Waals surface area (Å²) in [7, 11) is 1.86. The first-order valence-electron chi connectivity index (χ1n) is 16.7. The second kappa shape index (κ2) is 12.1. The Morgan fingerprint density at radius 3 is 1.26 bits per heavy atom. The monoisotopic (exact) mass is 644 g/mol. The van der Waals surface area contributed by atoms with E-state index in [2.05, 4.69) is 119 Å². The summed E-state index contributed by atoms with van der Waals surface area (Å²) in [5.74, 6) is -0.0646. The molecule has 5 heterocycles. The van der Waals surface area contributed by atoms with E-state index in [0.717, 1.165) is 83.6 Å².